The van der Waals surface area contributed by atoms with E-state index in [4.69, 9.17) is 10.5 Å². The number of carbonyl (C=O) groups excluding carboxylic acids is 2. The highest BCUT2D eigenvalue weighted by atomic mass is 16.5. The summed E-state index contributed by atoms with van der Waals surface area (Å²) in [5.74, 6) is -0.156. The van der Waals surface area contributed by atoms with Gasteiger partial charge >= 0.3 is 0 Å². The van der Waals surface area contributed by atoms with Gasteiger partial charge in [-0.3, -0.25) is 9.59 Å². The third-order valence-electron chi connectivity index (χ3n) is 3.67. The Morgan fingerprint density at radius 3 is 2.57 bits per heavy atom. The second kappa shape index (κ2) is 7.67. The molecule has 1 fully saturated rings. The summed E-state index contributed by atoms with van der Waals surface area (Å²) in [6.07, 6.45) is 6.94. The van der Waals surface area contributed by atoms with Crippen molar-refractivity contribution in [2.75, 3.05) is 6.61 Å². The third-order valence-corrected chi connectivity index (χ3v) is 3.67. The molecule has 114 valence electrons. The van der Waals surface area contributed by atoms with E-state index in [2.05, 4.69) is 5.32 Å². The molecule has 1 aromatic carbocycles. The lowest BCUT2D eigenvalue weighted by Crippen LogP contribution is -2.34. The molecule has 0 spiro atoms. The van der Waals surface area contributed by atoms with Gasteiger partial charge in [-0.1, -0.05) is 31.7 Å². The Bertz CT molecular complexity index is 494. The first kappa shape index (κ1) is 15.4. The molecule has 21 heavy (non-hydrogen) atoms. The van der Waals surface area contributed by atoms with Crippen LogP contribution in [0.5, 0.6) is 5.75 Å². The maximum atomic E-state index is 12.3. The van der Waals surface area contributed by atoms with E-state index in [0.29, 0.717) is 11.3 Å². The van der Waals surface area contributed by atoms with Crippen molar-refractivity contribution in [3.63, 3.8) is 0 Å². The van der Waals surface area contributed by atoms with E-state index in [0.717, 1.165) is 12.8 Å². The van der Waals surface area contributed by atoms with Gasteiger partial charge in [0.15, 0.2) is 6.61 Å². The van der Waals surface area contributed by atoms with Gasteiger partial charge in [0.2, 0.25) is 0 Å². The highest BCUT2D eigenvalue weighted by molar-refractivity contribution is 5.94. The van der Waals surface area contributed by atoms with Crippen LogP contribution < -0.4 is 15.8 Å². The first-order valence-corrected chi connectivity index (χ1v) is 7.47. The molecular weight excluding hydrogens is 268 g/mol. The van der Waals surface area contributed by atoms with Crippen molar-refractivity contribution in [1.29, 1.82) is 0 Å². The van der Waals surface area contributed by atoms with Crippen LogP contribution in [0.1, 0.15) is 48.9 Å². The van der Waals surface area contributed by atoms with Crippen LogP contribution in [0, 0.1) is 0 Å². The maximum Gasteiger partial charge on any atom is 0.255 e. The fourth-order valence-corrected chi connectivity index (χ4v) is 2.57. The van der Waals surface area contributed by atoms with Gasteiger partial charge in [-0.25, -0.2) is 0 Å². The molecule has 1 aromatic rings. The fourth-order valence-electron chi connectivity index (χ4n) is 2.57. The lowest BCUT2D eigenvalue weighted by atomic mass is 10.1. The quantitative estimate of drug-likeness (QED) is 0.814. The van der Waals surface area contributed by atoms with Crippen molar-refractivity contribution in [3.05, 3.63) is 29.8 Å². The Morgan fingerprint density at radius 1 is 1.19 bits per heavy atom. The van der Waals surface area contributed by atoms with E-state index in [1.165, 1.54) is 25.7 Å². The van der Waals surface area contributed by atoms with Crippen molar-refractivity contribution in [2.45, 2.75) is 44.6 Å². The number of carbonyl (C=O) groups is 2. The second-order valence-electron chi connectivity index (χ2n) is 5.44. The van der Waals surface area contributed by atoms with E-state index >= 15 is 0 Å². The Kier molecular flexibility index (Phi) is 5.60. The molecular formula is C16H22N2O3. The molecule has 0 aliphatic heterocycles. The minimum Gasteiger partial charge on any atom is -0.484 e. The number of nitrogens with one attached hydrogen (secondary N) is 1. The molecule has 0 unspecified atom stereocenters. The van der Waals surface area contributed by atoms with Gasteiger partial charge in [0.25, 0.3) is 11.8 Å². The highest BCUT2D eigenvalue weighted by Gasteiger charge is 2.16. The maximum absolute atomic E-state index is 12.3. The predicted octanol–water partition coefficient (Wildman–Crippen LogP) is 2.00. The Hall–Kier alpha value is -2.04. The van der Waals surface area contributed by atoms with Crippen molar-refractivity contribution >= 4 is 11.8 Å². The van der Waals surface area contributed by atoms with Gasteiger partial charge < -0.3 is 15.8 Å². The molecule has 1 saturated carbocycles. The molecule has 0 radical (unpaired) electrons. The van der Waals surface area contributed by atoms with Crippen LogP contribution in [0.2, 0.25) is 0 Å². The molecule has 1 aliphatic carbocycles. The Morgan fingerprint density at radius 2 is 1.90 bits per heavy atom. The summed E-state index contributed by atoms with van der Waals surface area (Å²) in [5, 5.41) is 3.08. The molecule has 5 nitrogen and oxygen atoms in total. The molecule has 0 aromatic heterocycles. The largest absolute Gasteiger partial charge is 0.484 e. The summed E-state index contributed by atoms with van der Waals surface area (Å²) in [4.78, 5) is 23.0. The van der Waals surface area contributed by atoms with E-state index in [1.807, 2.05) is 0 Å². The summed E-state index contributed by atoms with van der Waals surface area (Å²) in [6.45, 7) is -0.187. The smallest absolute Gasteiger partial charge is 0.255 e. The lowest BCUT2D eigenvalue weighted by Gasteiger charge is -2.16. The van der Waals surface area contributed by atoms with Crippen LogP contribution >= 0.6 is 0 Å². The van der Waals surface area contributed by atoms with Crippen LogP contribution in [-0.4, -0.2) is 24.5 Å². The van der Waals surface area contributed by atoms with Gasteiger partial charge in [-0.15, -0.1) is 0 Å². The summed E-state index contributed by atoms with van der Waals surface area (Å²) >= 11 is 0. The van der Waals surface area contributed by atoms with Crippen molar-refractivity contribution < 1.29 is 14.3 Å². The molecule has 0 bridgehead atoms. The number of hydrogen-bond acceptors (Lipinski definition) is 3. The predicted molar refractivity (Wildman–Crippen MR) is 80.1 cm³/mol. The normalized spacial score (nSPS) is 16.0. The molecule has 3 N–H and O–H groups in total. The first-order valence-electron chi connectivity index (χ1n) is 7.47. The van der Waals surface area contributed by atoms with E-state index in [-0.39, 0.29) is 18.6 Å². The zero-order valence-corrected chi connectivity index (χ0v) is 12.1. The lowest BCUT2D eigenvalue weighted by molar-refractivity contribution is -0.119. The van der Waals surface area contributed by atoms with Crippen LogP contribution in [0.3, 0.4) is 0 Å². The Balaban J connectivity index is 1.94. The molecule has 0 saturated heterocycles. The number of hydrogen-bond donors (Lipinski definition) is 2. The average Bonchev–Trinajstić information content (AvgIpc) is 2.74. The third kappa shape index (κ3) is 5.10. The number of rotatable bonds is 5. The van der Waals surface area contributed by atoms with Gasteiger partial charge in [0.05, 0.1) is 0 Å². The second-order valence-corrected chi connectivity index (χ2v) is 5.44. The number of benzene rings is 1. The average molecular weight is 290 g/mol. The SMILES string of the molecule is NC(=O)COc1cccc(C(=O)NC2CCCCCC2)c1. The number of amides is 2. The zero-order chi connectivity index (χ0) is 15.1. The van der Waals surface area contributed by atoms with Crippen molar-refractivity contribution in [2.24, 2.45) is 5.73 Å². The van der Waals surface area contributed by atoms with Gasteiger partial charge in [-0.2, -0.15) is 0 Å². The molecule has 2 rings (SSSR count). The number of ether oxygens (including phenoxy) is 1. The Labute approximate surface area is 124 Å². The van der Waals surface area contributed by atoms with Crippen LogP contribution in [-0.2, 0) is 4.79 Å². The molecule has 0 atom stereocenters. The van der Waals surface area contributed by atoms with Gasteiger partial charge in [0.1, 0.15) is 5.75 Å². The number of nitrogens with two attached hydrogens (primary N) is 1. The highest BCUT2D eigenvalue weighted by Crippen LogP contribution is 2.18. The standard InChI is InChI=1S/C16H22N2O3/c17-15(19)11-21-14-9-5-6-12(10-14)16(20)18-13-7-3-1-2-4-8-13/h5-6,9-10,13H,1-4,7-8,11H2,(H2,17,19)(H,18,20). The topological polar surface area (TPSA) is 81.4 Å². The minimum absolute atomic E-state index is 0.0913. The van der Waals surface area contributed by atoms with Gasteiger partial charge in [-0.05, 0) is 31.0 Å². The molecule has 5 heteroatoms. The summed E-state index contributed by atoms with van der Waals surface area (Å²) in [7, 11) is 0. The molecule has 1 aliphatic rings. The summed E-state index contributed by atoms with van der Waals surface area (Å²) in [6, 6.07) is 7.07. The molecule has 2 amide bonds. The summed E-state index contributed by atoms with van der Waals surface area (Å²) in [5.41, 5.74) is 5.58. The molecule has 0 heterocycles. The van der Waals surface area contributed by atoms with Crippen LogP contribution in [0.4, 0.5) is 0 Å². The zero-order valence-electron chi connectivity index (χ0n) is 12.1. The van der Waals surface area contributed by atoms with Gasteiger partial charge in [0, 0.05) is 11.6 Å². The van der Waals surface area contributed by atoms with Crippen molar-refractivity contribution in [1.82, 2.24) is 5.32 Å². The minimum atomic E-state index is -0.539. The van der Waals surface area contributed by atoms with Crippen LogP contribution in [0.25, 0.3) is 0 Å². The number of primary amides is 1. The van der Waals surface area contributed by atoms with E-state index in [1.54, 1.807) is 24.3 Å². The first-order chi connectivity index (χ1) is 10.1. The monoisotopic (exact) mass is 290 g/mol. The van der Waals surface area contributed by atoms with Crippen molar-refractivity contribution in [3.8, 4) is 5.75 Å². The van der Waals surface area contributed by atoms with E-state index in [9.17, 15) is 9.59 Å². The summed E-state index contributed by atoms with van der Waals surface area (Å²) < 4.78 is 5.21. The fraction of sp³-hybridized carbons (Fsp3) is 0.500. The van der Waals surface area contributed by atoms with Crippen LogP contribution in [0.15, 0.2) is 24.3 Å². The van der Waals surface area contributed by atoms with E-state index < -0.39 is 5.91 Å².